The molecule has 2 fully saturated rings. The highest BCUT2D eigenvalue weighted by molar-refractivity contribution is 5.89. The predicted molar refractivity (Wildman–Crippen MR) is 226 cm³/mol. The minimum atomic E-state index is -0.284. The van der Waals surface area contributed by atoms with Gasteiger partial charge < -0.3 is 9.47 Å². The zero-order valence-corrected chi connectivity index (χ0v) is 32.3. The smallest absolute Gasteiger partial charge is 0.337 e. The highest BCUT2D eigenvalue weighted by Crippen LogP contribution is 2.49. The average molecular weight is 721 g/mol. The number of hydrogen-bond donors (Lipinski definition) is 0. The minimum Gasteiger partial charge on any atom is -0.496 e. The summed E-state index contributed by atoms with van der Waals surface area (Å²) in [6.45, 7) is 8.31. The van der Waals surface area contributed by atoms with Crippen LogP contribution in [0.2, 0.25) is 0 Å². The molecule has 4 bridgehead atoms. The van der Waals surface area contributed by atoms with Crippen LogP contribution in [0, 0.1) is 121 Å². The number of ether oxygens (including phenoxy) is 2. The minimum absolute atomic E-state index is 0. The van der Waals surface area contributed by atoms with Gasteiger partial charge in [0.2, 0.25) is 0 Å². The molecule has 4 aliphatic rings. The molecule has 6 unspecified atom stereocenters. The fourth-order valence-corrected chi connectivity index (χ4v) is 7.94. The summed E-state index contributed by atoms with van der Waals surface area (Å²) in [5.74, 6) is 29.4. The number of terminal acetylenes is 2. The lowest BCUT2D eigenvalue weighted by Crippen LogP contribution is -2.36. The van der Waals surface area contributed by atoms with Gasteiger partial charge in [0.1, 0.15) is 11.5 Å². The summed E-state index contributed by atoms with van der Waals surface area (Å²) >= 11 is 0. The second-order valence-corrected chi connectivity index (χ2v) is 14.0. The highest BCUT2D eigenvalue weighted by Gasteiger charge is 2.40. The number of Topliss-reactive ketones (excluding diaryl/α,β-unsaturated/α-hetero) is 1. The Morgan fingerprint density at radius 2 is 1.19 bits per heavy atom. The van der Waals surface area contributed by atoms with E-state index in [1.807, 2.05) is 26.0 Å². The van der Waals surface area contributed by atoms with E-state index in [2.05, 4.69) is 114 Å². The third-order valence-electron chi connectivity index (χ3n) is 10.4. The maximum atomic E-state index is 12.1. The highest BCUT2D eigenvalue weighted by atomic mass is 16.5. The molecule has 2 aromatic rings. The van der Waals surface area contributed by atoms with Crippen LogP contribution >= 0.6 is 0 Å². The van der Waals surface area contributed by atoms with Crippen LogP contribution in [0.1, 0.15) is 85.1 Å². The van der Waals surface area contributed by atoms with Crippen LogP contribution in [0.15, 0.2) is 77.4 Å². The van der Waals surface area contributed by atoms with E-state index in [1.165, 1.54) is 42.2 Å². The Morgan fingerprint density at radius 3 is 1.74 bits per heavy atom. The van der Waals surface area contributed by atoms with Crippen LogP contribution < -0.4 is 0 Å². The Morgan fingerprint density at radius 1 is 0.667 bits per heavy atom. The van der Waals surface area contributed by atoms with Gasteiger partial charge in [-0.25, -0.2) is 4.79 Å². The summed E-state index contributed by atoms with van der Waals surface area (Å²) in [5, 5.41) is 0. The first kappa shape index (κ1) is 40.7. The first-order valence-corrected chi connectivity index (χ1v) is 18.5. The van der Waals surface area contributed by atoms with Gasteiger partial charge >= 0.3 is 5.97 Å². The van der Waals surface area contributed by atoms with Crippen LogP contribution in [0.3, 0.4) is 0 Å². The molecule has 0 aromatic heterocycles. The van der Waals surface area contributed by atoms with Crippen LogP contribution in [0.4, 0.5) is 0 Å². The molecule has 0 saturated heterocycles. The lowest BCUT2D eigenvalue weighted by Gasteiger charge is -2.41. The number of esters is 1. The number of fused-ring (bicyclic) bond motifs is 4. The molecule has 0 N–H and O–H groups in total. The molecule has 0 aliphatic heterocycles. The molecule has 6 atom stereocenters. The van der Waals surface area contributed by atoms with Gasteiger partial charge in [0.25, 0.3) is 0 Å². The Labute approximate surface area is 329 Å². The van der Waals surface area contributed by atoms with Crippen molar-refractivity contribution in [3.63, 3.8) is 0 Å². The molecule has 0 amide bonds. The number of aryl methyl sites for hydroxylation is 2. The number of carbonyl (C=O) groups is 2. The molecule has 0 radical (unpaired) electrons. The zero-order chi connectivity index (χ0) is 39.0. The molecule has 4 nitrogen and oxygen atoms in total. The van der Waals surface area contributed by atoms with Crippen molar-refractivity contribution in [3.8, 4) is 72.1 Å². The second-order valence-electron chi connectivity index (χ2n) is 14.0. The fraction of sp³-hybridized carbons (Fsp3) is 0.360. The van der Waals surface area contributed by atoms with Crippen molar-refractivity contribution >= 4 is 17.5 Å². The Kier molecular flexibility index (Phi) is 15.3. The van der Waals surface area contributed by atoms with E-state index in [0.717, 1.165) is 42.6 Å². The Bertz CT molecular complexity index is 2190. The molecule has 2 saturated carbocycles. The third kappa shape index (κ3) is 10.5. The summed E-state index contributed by atoms with van der Waals surface area (Å²) in [5.41, 5.74) is 8.05. The van der Waals surface area contributed by atoms with Crippen molar-refractivity contribution in [3.05, 3.63) is 99.7 Å². The van der Waals surface area contributed by atoms with Crippen molar-refractivity contribution in [2.75, 3.05) is 14.2 Å². The van der Waals surface area contributed by atoms with Gasteiger partial charge in [0.15, 0.2) is 0 Å². The van der Waals surface area contributed by atoms with E-state index in [-0.39, 0.29) is 35.3 Å². The average Bonchev–Trinajstić information content (AvgIpc) is 3.16. The molecular formula is C50H56O4. The van der Waals surface area contributed by atoms with Gasteiger partial charge in [0, 0.05) is 46.8 Å². The molecule has 0 spiro atoms. The maximum absolute atomic E-state index is 12.1. The quantitative estimate of drug-likeness (QED) is 0.137. The molecular weight excluding hydrogens is 665 g/mol. The Balaban J connectivity index is 0.000000882. The maximum Gasteiger partial charge on any atom is 0.337 e. The monoisotopic (exact) mass is 720 g/mol. The number of carbonyl (C=O) groups excluding carboxylic acids is 2. The summed E-state index contributed by atoms with van der Waals surface area (Å²) in [7, 11) is 3.16. The fourth-order valence-electron chi connectivity index (χ4n) is 7.94. The van der Waals surface area contributed by atoms with E-state index < -0.39 is 0 Å². The van der Waals surface area contributed by atoms with Crippen molar-refractivity contribution in [2.24, 2.45) is 35.5 Å². The molecule has 0 heterocycles. The summed E-state index contributed by atoms with van der Waals surface area (Å²) in [4.78, 5) is 23.1. The van der Waals surface area contributed by atoms with Gasteiger partial charge in [0.05, 0.1) is 19.8 Å². The van der Waals surface area contributed by atoms with E-state index in [9.17, 15) is 9.59 Å². The molecule has 4 heteroatoms. The number of ketones is 1. The predicted octanol–water partition coefficient (Wildman–Crippen LogP) is 9.94. The molecule has 2 aromatic carbocycles. The van der Waals surface area contributed by atoms with Crippen LogP contribution in [-0.4, -0.2) is 26.0 Å². The number of allylic oxidation sites excluding steroid dienone is 5. The van der Waals surface area contributed by atoms with Gasteiger partial charge in [-0.1, -0.05) is 89.4 Å². The molecule has 280 valence electrons. The van der Waals surface area contributed by atoms with Gasteiger partial charge in [-0.2, -0.15) is 0 Å². The lowest BCUT2D eigenvalue weighted by atomic mass is 9.64. The van der Waals surface area contributed by atoms with Crippen molar-refractivity contribution in [1.82, 2.24) is 0 Å². The standard InChI is InChI=1S/C25H24O.C16H14O.C9H10O2.4H2/c1-5-6-7-8-12-20-17-19(3)22-14-10-15-23(20)24(22)25(26-4)21-13-9-11-18(2)16-21;1-3-4-5-6-8-13-11-12(2)14-9-7-10-15(13)16(14)17;1-7-4-3-5-8(6-7)9(10)11-2;;;;/h1,9,11,13,16-17,20,22-23H,10,14-15H2,2-4H3;1,11,13-15H,7,9-10H2,2H3;3-6H,1-2H3;4*1H/b25-24-;;;;;;. The Hall–Kier alpha value is -6.04. The number of hydrogen-bond acceptors (Lipinski definition) is 4. The molecule has 6 rings (SSSR count). The van der Waals surface area contributed by atoms with E-state index >= 15 is 0 Å². The number of methoxy groups -OCH3 is 2. The zero-order valence-electron chi connectivity index (χ0n) is 32.3. The van der Waals surface area contributed by atoms with E-state index in [1.54, 1.807) is 19.2 Å². The van der Waals surface area contributed by atoms with Crippen LogP contribution in [0.25, 0.3) is 5.76 Å². The summed E-state index contributed by atoms with van der Waals surface area (Å²) in [6.07, 6.45) is 21.3. The van der Waals surface area contributed by atoms with Crippen molar-refractivity contribution in [2.45, 2.75) is 66.2 Å². The third-order valence-corrected chi connectivity index (χ3v) is 10.4. The second kappa shape index (κ2) is 20.3. The number of rotatable bonds is 3. The van der Waals surface area contributed by atoms with Crippen molar-refractivity contribution in [1.29, 1.82) is 0 Å². The number of benzene rings is 2. The largest absolute Gasteiger partial charge is 0.496 e. The first-order valence-electron chi connectivity index (χ1n) is 18.5. The van der Waals surface area contributed by atoms with E-state index in [4.69, 9.17) is 17.6 Å². The topological polar surface area (TPSA) is 52.6 Å². The van der Waals surface area contributed by atoms with E-state index in [0.29, 0.717) is 23.2 Å². The van der Waals surface area contributed by atoms with Gasteiger partial charge in [-0.3, -0.25) is 4.79 Å². The van der Waals surface area contributed by atoms with Gasteiger partial charge in [-0.05, 0) is 125 Å². The molecule has 54 heavy (non-hydrogen) atoms. The first-order chi connectivity index (χ1) is 26.1. The summed E-state index contributed by atoms with van der Waals surface area (Å²) < 4.78 is 10.5. The van der Waals surface area contributed by atoms with Crippen molar-refractivity contribution < 1.29 is 24.8 Å². The van der Waals surface area contributed by atoms with Gasteiger partial charge in [-0.15, -0.1) is 12.8 Å². The van der Waals surface area contributed by atoms with Crippen LogP contribution in [0.5, 0.6) is 0 Å². The summed E-state index contributed by atoms with van der Waals surface area (Å²) in [6, 6.07) is 15.9. The lowest BCUT2D eigenvalue weighted by molar-refractivity contribution is -0.129. The SMILES string of the molecule is C#CC#CC#CC1C=C(C)C2CCCC1/C2=C(\OC)c1cccc(C)c1.C#CC#CC#CC1C=C(C)C2CCCC1C2=O.COC(=O)c1cccc(C)c1.[HH].[HH].[HH].[HH]. The van der Waals surface area contributed by atoms with Crippen LogP contribution in [-0.2, 0) is 14.3 Å². The normalized spacial score (nSPS) is 23.6. The molecule has 4 aliphatic carbocycles.